The molecular weight excluding hydrogens is 265 g/mol. The van der Waals surface area contributed by atoms with E-state index in [0.717, 1.165) is 11.1 Å². The average molecular weight is 280 g/mol. The Labute approximate surface area is 116 Å². The van der Waals surface area contributed by atoms with Gasteiger partial charge in [0.15, 0.2) is 0 Å². The first kappa shape index (κ1) is 13.8. The molecule has 0 aliphatic rings. The third-order valence-electron chi connectivity index (χ3n) is 2.86. The van der Waals surface area contributed by atoms with E-state index in [9.17, 15) is 9.50 Å². The van der Waals surface area contributed by atoms with Crippen LogP contribution in [0.1, 0.15) is 17.2 Å². The first-order chi connectivity index (χ1) is 9.06. The van der Waals surface area contributed by atoms with Crippen molar-refractivity contribution in [3.63, 3.8) is 0 Å². The van der Waals surface area contributed by atoms with Crippen LogP contribution in [0.25, 0.3) is 0 Å². The summed E-state index contributed by atoms with van der Waals surface area (Å²) in [5, 5.41) is 13.5. The lowest BCUT2D eigenvalue weighted by Gasteiger charge is -2.14. The maximum atomic E-state index is 13.5. The zero-order chi connectivity index (χ0) is 13.8. The lowest BCUT2D eigenvalue weighted by Crippen LogP contribution is -2.13. The topological polar surface area (TPSA) is 32.3 Å². The van der Waals surface area contributed by atoms with E-state index in [4.69, 9.17) is 11.6 Å². The van der Waals surface area contributed by atoms with E-state index in [1.54, 1.807) is 36.4 Å². The van der Waals surface area contributed by atoms with E-state index >= 15 is 0 Å². The van der Waals surface area contributed by atoms with Crippen molar-refractivity contribution < 1.29 is 9.50 Å². The second-order valence-corrected chi connectivity index (χ2v) is 4.87. The smallest absolute Gasteiger partial charge is 0.146 e. The van der Waals surface area contributed by atoms with Crippen LogP contribution in [0, 0.1) is 12.7 Å². The molecule has 2 N–H and O–H groups in total. The Kier molecular flexibility index (Phi) is 4.40. The monoisotopic (exact) mass is 279 g/mol. The maximum absolute atomic E-state index is 13.5. The fourth-order valence-corrected chi connectivity index (χ4v) is 1.91. The summed E-state index contributed by atoms with van der Waals surface area (Å²) in [7, 11) is 0. The van der Waals surface area contributed by atoms with E-state index in [2.05, 4.69) is 5.32 Å². The van der Waals surface area contributed by atoms with Gasteiger partial charge in [0.25, 0.3) is 0 Å². The van der Waals surface area contributed by atoms with Crippen LogP contribution in [0.3, 0.4) is 0 Å². The number of rotatable bonds is 4. The minimum atomic E-state index is -0.711. The normalized spacial score (nSPS) is 12.2. The molecule has 0 radical (unpaired) electrons. The van der Waals surface area contributed by atoms with Crippen LogP contribution >= 0.6 is 11.6 Å². The van der Waals surface area contributed by atoms with Gasteiger partial charge in [-0.25, -0.2) is 4.39 Å². The highest BCUT2D eigenvalue weighted by Crippen LogP contribution is 2.19. The molecule has 100 valence electrons. The number of nitrogens with one attached hydrogen (secondary N) is 1. The van der Waals surface area contributed by atoms with E-state index < -0.39 is 6.10 Å². The Hall–Kier alpha value is -1.58. The van der Waals surface area contributed by atoms with Gasteiger partial charge < -0.3 is 10.4 Å². The van der Waals surface area contributed by atoms with Crippen molar-refractivity contribution in [1.82, 2.24) is 0 Å². The Morgan fingerprint density at radius 2 is 1.89 bits per heavy atom. The van der Waals surface area contributed by atoms with Crippen molar-refractivity contribution in [2.45, 2.75) is 13.0 Å². The molecule has 4 heteroatoms. The largest absolute Gasteiger partial charge is 0.387 e. The van der Waals surface area contributed by atoms with Gasteiger partial charge in [0, 0.05) is 11.6 Å². The molecule has 0 bridgehead atoms. The van der Waals surface area contributed by atoms with Gasteiger partial charge in [-0.3, -0.25) is 0 Å². The molecule has 19 heavy (non-hydrogen) atoms. The molecule has 1 atom stereocenters. The van der Waals surface area contributed by atoms with Crippen LogP contribution in [0.2, 0.25) is 5.02 Å². The van der Waals surface area contributed by atoms with Gasteiger partial charge in [0.05, 0.1) is 11.8 Å². The highest BCUT2D eigenvalue weighted by Gasteiger charge is 2.09. The number of hydrogen-bond acceptors (Lipinski definition) is 2. The number of anilines is 1. The average Bonchev–Trinajstić information content (AvgIpc) is 2.40. The number of halogens is 2. The maximum Gasteiger partial charge on any atom is 0.146 e. The molecule has 0 saturated carbocycles. The lowest BCUT2D eigenvalue weighted by atomic mass is 10.1. The number of hydrogen-bond donors (Lipinski definition) is 2. The van der Waals surface area contributed by atoms with Crippen LogP contribution in [0.15, 0.2) is 42.5 Å². The molecule has 0 fully saturated rings. The number of benzene rings is 2. The first-order valence-corrected chi connectivity index (χ1v) is 6.37. The summed E-state index contributed by atoms with van der Waals surface area (Å²) in [6, 6.07) is 11.8. The first-order valence-electron chi connectivity index (χ1n) is 6.00. The van der Waals surface area contributed by atoms with Crippen molar-refractivity contribution in [2.24, 2.45) is 0 Å². The second kappa shape index (κ2) is 6.04. The molecule has 2 aromatic rings. The van der Waals surface area contributed by atoms with Crippen molar-refractivity contribution >= 4 is 17.3 Å². The number of aryl methyl sites for hydroxylation is 1. The van der Waals surface area contributed by atoms with Gasteiger partial charge in [0.1, 0.15) is 5.82 Å². The zero-order valence-electron chi connectivity index (χ0n) is 10.5. The molecule has 0 saturated heterocycles. The highest BCUT2D eigenvalue weighted by molar-refractivity contribution is 6.30. The predicted molar refractivity (Wildman–Crippen MR) is 76.0 cm³/mol. The Balaban J connectivity index is 2.02. The van der Waals surface area contributed by atoms with Gasteiger partial charge in [-0.15, -0.1) is 0 Å². The summed E-state index contributed by atoms with van der Waals surface area (Å²) in [5.41, 5.74) is 2.10. The molecule has 0 amide bonds. The Morgan fingerprint density at radius 1 is 1.21 bits per heavy atom. The molecule has 2 rings (SSSR count). The van der Waals surface area contributed by atoms with Crippen LogP contribution < -0.4 is 5.32 Å². The second-order valence-electron chi connectivity index (χ2n) is 4.43. The minimum absolute atomic E-state index is 0.238. The van der Waals surface area contributed by atoms with Gasteiger partial charge in [-0.2, -0.15) is 0 Å². The summed E-state index contributed by atoms with van der Waals surface area (Å²) >= 11 is 5.78. The molecule has 1 unspecified atom stereocenters. The van der Waals surface area contributed by atoms with Crippen molar-refractivity contribution in [2.75, 3.05) is 11.9 Å². The van der Waals surface area contributed by atoms with Gasteiger partial charge in [0.2, 0.25) is 0 Å². The van der Waals surface area contributed by atoms with Crippen molar-refractivity contribution in [3.8, 4) is 0 Å². The Morgan fingerprint density at radius 3 is 2.58 bits per heavy atom. The van der Waals surface area contributed by atoms with Crippen molar-refractivity contribution in [3.05, 3.63) is 64.4 Å². The summed E-state index contributed by atoms with van der Waals surface area (Å²) < 4.78 is 13.5. The fraction of sp³-hybridized carbons (Fsp3) is 0.200. The molecule has 2 nitrogen and oxygen atoms in total. The highest BCUT2D eigenvalue weighted by atomic mass is 35.5. The molecule has 0 spiro atoms. The van der Waals surface area contributed by atoms with Crippen LogP contribution in [0.5, 0.6) is 0 Å². The number of aliphatic hydroxyl groups excluding tert-OH is 1. The van der Waals surface area contributed by atoms with Crippen molar-refractivity contribution in [1.29, 1.82) is 0 Å². The lowest BCUT2D eigenvalue weighted by molar-refractivity contribution is 0.191. The van der Waals surface area contributed by atoms with E-state index in [0.29, 0.717) is 10.7 Å². The molecule has 0 aromatic heterocycles. The minimum Gasteiger partial charge on any atom is -0.387 e. The van der Waals surface area contributed by atoms with E-state index in [1.807, 2.05) is 6.92 Å². The number of aliphatic hydroxyl groups is 1. The quantitative estimate of drug-likeness (QED) is 0.889. The van der Waals surface area contributed by atoms with E-state index in [-0.39, 0.29) is 12.4 Å². The standard InChI is InChI=1S/C15H15ClFNO/c1-10-2-7-13(17)14(8-10)18-9-15(19)11-3-5-12(16)6-4-11/h2-8,15,18-19H,9H2,1H3. The van der Waals surface area contributed by atoms with Gasteiger partial charge >= 0.3 is 0 Å². The van der Waals surface area contributed by atoms with Crippen LogP contribution in [-0.2, 0) is 0 Å². The third-order valence-corrected chi connectivity index (χ3v) is 3.11. The molecular formula is C15H15ClFNO. The predicted octanol–water partition coefficient (Wildman–Crippen LogP) is 3.93. The molecule has 0 heterocycles. The van der Waals surface area contributed by atoms with E-state index in [1.165, 1.54) is 6.07 Å². The van der Waals surface area contributed by atoms with Crippen LogP contribution in [-0.4, -0.2) is 11.7 Å². The fourth-order valence-electron chi connectivity index (χ4n) is 1.78. The van der Waals surface area contributed by atoms with Gasteiger partial charge in [-0.1, -0.05) is 29.8 Å². The summed E-state index contributed by atoms with van der Waals surface area (Å²) in [6.07, 6.45) is -0.711. The third kappa shape index (κ3) is 3.69. The SMILES string of the molecule is Cc1ccc(F)c(NCC(O)c2ccc(Cl)cc2)c1. The summed E-state index contributed by atoms with van der Waals surface area (Å²) in [6.45, 7) is 2.13. The zero-order valence-corrected chi connectivity index (χ0v) is 11.3. The van der Waals surface area contributed by atoms with Gasteiger partial charge in [-0.05, 0) is 42.3 Å². The summed E-state index contributed by atoms with van der Waals surface area (Å²) in [5.74, 6) is -0.325. The van der Waals surface area contributed by atoms with Crippen LogP contribution in [0.4, 0.5) is 10.1 Å². The molecule has 0 aliphatic carbocycles. The molecule has 0 aliphatic heterocycles. The molecule has 2 aromatic carbocycles. The Bertz CT molecular complexity index is 557. The summed E-state index contributed by atoms with van der Waals surface area (Å²) in [4.78, 5) is 0.